The SMILES string of the molecule is COc1cc(C(=O)NCCC(=O)N[C@@H]2CCC[C@H](C)[C@H]2C)cc(OC)c1OC. The number of amides is 2. The van der Waals surface area contributed by atoms with E-state index in [0.717, 1.165) is 12.8 Å². The van der Waals surface area contributed by atoms with E-state index >= 15 is 0 Å². The number of carbonyl (C=O) groups excluding carboxylic acids is 2. The molecule has 0 aromatic heterocycles. The molecule has 0 spiro atoms. The Kier molecular flexibility index (Phi) is 7.96. The molecule has 0 unspecified atom stereocenters. The molecule has 2 N–H and O–H groups in total. The summed E-state index contributed by atoms with van der Waals surface area (Å²) in [5.41, 5.74) is 0.379. The van der Waals surface area contributed by atoms with Crippen molar-refractivity contribution in [1.82, 2.24) is 10.6 Å². The summed E-state index contributed by atoms with van der Waals surface area (Å²) in [6.45, 7) is 4.69. The second-order valence-corrected chi connectivity index (χ2v) is 7.36. The van der Waals surface area contributed by atoms with E-state index in [9.17, 15) is 9.59 Å². The molecule has 0 heterocycles. The van der Waals surface area contributed by atoms with E-state index in [4.69, 9.17) is 14.2 Å². The topological polar surface area (TPSA) is 85.9 Å². The van der Waals surface area contributed by atoms with Crippen molar-refractivity contribution in [1.29, 1.82) is 0 Å². The van der Waals surface area contributed by atoms with Crippen LogP contribution in [0, 0.1) is 11.8 Å². The number of rotatable bonds is 8. The maximum absolute atomic E-state index is 12.5. The van der Waals surface area contributed by atoms with E-state index in [0.29, 0.717) is 34.6 Å². The Labute approximate surface area is 167 Å². The first-order valence-electron chi connectivity index (χ1n) is 9.78. The lowest BCUT2D eigenvalue weighted by Gasteiger charge is -2.34. The number of carbonyl (C=O) groups is 2. The number of nitrogens with one attached hydrogen (secondary N) is 2. The van der Waals surface area contributed by atoms with Crippen LogP contribution in [0.25, 0.3) is 0 Å². The molecule has 1 aromatic carbocycles. The van der Waals surface area contributed by atoms with Crippen molar-refractivity contribution in [3.63, 3.8) is 0 Å². The molecule has 1 saturated carbocycles. The summed E-state index contributed by atoms with van der Waals surface area (Å²) in [6, 6.07) is 3.39. The summed E-state index contributed by atoms with van der Waals surface area (Å²) >= 11 is 0. The average Bonchev–Trinajstić information content (AvgIpc) is 2.70. The number of hydrogen-bond donors (Lipinski definition) is 2. The van der Waals surface area contributed by atoms with Gasteiger partial charge in [-0.15, -0.1) is 0 Å². The van der Waals surface area contributed by atoms with Crippen molar-refractivity contribution in [2.24, 2.45) is 11.8 Å². The summed E-state index contributed by atoms with van der Waals surface area (Å²) in [7, 11) is 4.50. The second-order valence-electron chi connectivity index (χ2n) is 7.36. The van der Waals surface area contributed by atoms with Gasteiger partial charge in [0, 0.05) is 24.6 Å². The molecule has 1 fully saturated rings. The van der Waals surface area contributed by atoms with E-state index in [2.05, 4.69) is 24.5 Å². The molecule has 0 bridgehead atoms. The van der Waals surface area contributed by atoms with Crippen molar-refractivity contribution in [2.45, 2.75) is 45.6 Å². The minimum atomic E-state index is -0.299. The molecule has 1 aromatic rings. The summed E-state index contributed by atoms with van der Waals surface area (Å²) in [6.07, 6.45) is 3.63. The van der Waals surface area contributed by atoms with Crippen molar-refractivity contribution in [3.8, 4) is 17.2 Å². The van der Waals surface area contributed by atoms with Gasteiger partial charge in [0.15, 0.2) is 11.5 Å². The third-order valence-corrected chi connectivity index (χ3v) is 5.62. The van der Waals surface area contributed by atoms with Crippen LogP contribution >= 0.6 is 0 Å². The predicted octanol–water partition coefficient (Wildman–Crippen LogP) is 2.77. The van der Waals surface area contributed by atoms with Gasteiger partial charge in [0.2, 0.25) is 11.7 Å². The zero-order valence-electron chi connectivity index (χ0n) is 17.5. The molecule has 2 rings (SSSR count). The number of benzene rings is 1. The summed E-state index contributed by atoms with van der Waals surface area (Å²) in [5.74, 6) is 2.01. The maximum atomic E-state index is 12.5. The maximum Gasteiger partial charge on any atom is 0.251 e. The van der Waals surface area contributed by atoms with Gasteiger partial charge in [-0.2, -0.15) is 0 Å². The monoisotopic (exact) mass is 392 g/mol. The average molecular weight is 392 g/mol. The largest absolute Gasteiger partial charge is 0.493 e. The molecule has 1 aliphatic carbocycles. The first-order chi connectivity index (χ1) is 13.4. The third-order valence-electron chi connectivity index (χ3n) is 5.62. The van der Waals surface area contributed by atoms with Gasteiger partial charge in [0.05, 0.1) is 21.3 Å². The van der Waals surface area contributed by atoms with Crippen LogP contribution in [0.15, 0.2) is 12.1 Å². The van der Waals surface area contributed by atoms with Gasteiger partial charge < -0.3 is 24.8 Å². The zero-order valence-corrected chi connectivity index (χ0v) is 17.5. The molecule has 0 saturated heterocycles. The molecular weight excluding hydrogens is 360 g/mol. The van der Waals surface area contributed by atoms with Gasteiger partial charge >= 0.3 is 0 Å². The smallest absolute Gasteiger partial charge is 0.251 e. The fourth-order valence-corrected chi connectivity index (χ4v) is 3.67. The van der Waals surface area contributed by atoms with Gasteiger partial charge in [-0.25, -0.2) is 0 Å². The highest BCUT2D eigenvalue weighted by molar-refractivity contribution is 5.95. The first kappa shape index (κ1) is 21.9. The lowest BCUT2D eigenvalue weighted by atomic mass is 9.78. The highest BCUT2D eigenvalue weighted by Crippen LogP contribution is 2.38. The van der Waals surface area contributed by atoms with Gasteiger partial charge in [0.1, 0.15) is 0 Å². The molecule has 0 aliphatic heterocycles. The van der Waals surface area contributed by atoms with Crippen LogP contribution in [0.4, 0.5) is 0 Å². The van der Waals surface area contributed by atoms with E-state index in [1.165, 1.54) is 27.8 Å². The van der Waals surface area contributed by atoms with Gasteiger partial charge in [-0.1, -0.05) is 26.7 Å². The second kappa shape index (κ2) is 10.2. The number of methoxy groups -OCH3 is 3. The number of ether oxygens (including phenoxy) is 3. The van der Waals surface area contributed by atoms with Crippen molar-refractivity contribution in [3.05, 3.63) is 17.7 Å². The zero-order chi connectivity index (χ0) is 20.7. The Morgan fingerprint density at radius 3 is 2.25 bits per heavy atom. The third kappa shape index (κ3) is 5.30. The fourth-order valence-electron chi connectivity index (χ4n) is 3.67. The Morgan fingerprint density at radius 1 is 1.04 bits per heavy atom. The van der Waals surface area contributed by atoms with Crippen LogP contribution in [0.3, 0.4) is 0 Å². The summed E-state index contributed by atoms with van der Waals surface area (Å²) in [5, 5.41) is 5.89. The van der Waals surface area contributed by atoms with Crippen molar-refractivity contribution in [2.75, 3.05) is 27.9 Å². The normalized spacial score (nSPS) is 21.5. The fraction of sp³-hybridized carbons (Fsp3) is 0.619. The molecule has 7 nitrogen and oxygen atoms in total. The number of hydrogen-bond acceptors (Lipinski definition) is 5. The Bertz CT molecular complexity index is 666. The minimum absolute atomic E-state index is 0.0313. The Balaban J connectivity index is 1.89. The molecule has 1 aliphatic rings. The van der Waals surface area contributed by atoms with E-state index in [1.807, 2.05) is 0 Å². The molecule has 156 valence electrons. The van der Waals surface area contributed by atoms with Crippen LogP contribution < -0.4 is 24.8 Å². The van der Waals surface area contributed by atoms with E-state index < -0.39 is 0 Å². The Morgan fingerprint density at radius 2 is 1.68 bits per heavy atom. The molecular formula is C21H32N2O5. The van der Waals surface area contributed by atoms with E-state index in [1.54, 1.807) is 12.1 Å². The predicted molar refractivity (Wildman–Crippen MR) is 107 cm³/mol. The highest BCUT2D eigenvalue weighted by atomic mass is 16.5. The van der Waals surface area contributed by atoms with Crippen LogP contribution in [0.1, 0.15) is 49.9 Å². The molecule has 28 heavy (non-hydrogen) atoms. The summed E-state index contributed by atoms with van der Waals surface area (Å²) < 4.78 is 15.8. The van der Waals surface area contributed by atoms with Gasteiger partial charge in [0.25, 0.3) is 5.91 Å². The minimum Gasteiger partial charge on any atom is -0.493 e. The lowest BCUT2D eigenvalue weighted by molar-refractivity contribution is -0.122. The molecule has 0 radical (unpaired) electrons. The first-order valence-corrected chi connectivity index (χ1v) is 9.78. The molecule has 3 atom stereocenters. The van der Waals surface area contributed by atoms with Crippen LogP contribution in [0.2, 0.25) is 0 Å². The van der Waals surface area contributed by atoms with Gasteiger partial charge in [-0.3, -0.25) is 9.59 Å². The summed E-state index contributed by atoms with van der Waals surface area (Å²) in [4.78, 5) is 24.7. The highest BCUT2D eigenvalue weighted by Gasteiger charge is 2.28. The lowest BCUT2D eigenvalue weighted by Crippen LogP contribution is -2.44. The standard InChI is InChI=1S/C21H32N2O5/c1-13-7-6-8-16(14(13)2)23-19(24)9-10-22-21(25)15-11-17(26-3)20(28-5)18(12-15)27-4/h11-14,16H,6-10H2,1-5H3,(H,22,25)(H,23,24)/t13-,14+,16+/m0/s1. The quantitative estimate of drug-likeness (QED) is 0.710. The van der Waals surface area contributed by atoms with E-state index in [-0.39, 0.29) is 30.8 Å². The molecule has 2 amide bonds. The Hall–Kier alpha value is -2.44. The van der Waals surface area contributed by atoms with Crippen molar-refractivity contribution >= 4 is 11.8 Å². The van der Waals surface area contributed by atoms with Crippen LogP contribution in [-0.2, 0) is 4.79 Å². The van der Waals surface area contributed by atoms with Crippen molar-refractivity contribution < 1.29 is 23.8 Å². The van der Waals surface area contributed by atoms with Gasteiger partial charge in [-0.05, 0) is 30.4 Å². The van der Waals surface area contributed by atoms with Crippen LogP contribution in [-0.4, -0.2) is 45.7 Å². The van der Waals surface area contributed by atoms with Crippen LogP contribution in [0.5, 0.6) is 17.2 Å². The molecule has 7 heteroatoms.